The molecule has 0 unspecified atom stereocenters. The standard InChI is InChI=1S/C22H25ClN2OS2/c1-5-12-22(15(2)3)13-25(21(27)28-4)20(26-14-22)24-19-11-10-18(23)16-8-6-7-9-17(16)19/h6-11H,2,5,12-14H2,1,3-4H3/t22-/m0/s1. The average molecular weight is 433 g/mol. The molecule has 1 atom stereocenters. The summed E-state index contributed by atoms with van der Waals surface area (Å²) in [7, 11) is 0. The number of halogens is 1. The van der Waals surface area contributed by atoms with E-state index in [1.54, 1.807) is 0 Å². The number of rotatable bonds is 4. The monoisotopic (exact) mass is 432 g/mol. The van der Waals surface area contributed by atoms with Gasteiger partial charge in [-0.3, -0.25) is 4.90 Å². The lowest BCUT2D eigenvalue weighted by molar-refractivity contribution is 0.0866. The molecule has 2 aromatic rings. The first-order chi connectivity index (χ1) is 13.4. The van der Waals surface area contributed by atoms with Crippen molar-refractivity contribution in [2.75, 3.05) is 19.4 Å². The lowest BCUT2D eigenvalue weighted by Crippen LogP contribution is -2.52. The third-order valence-corrected chi connectivity index (χ3v) is 6.88. The minimum absolute atomic E-state index is 0.115. The van der Waals surface area contributed by atoms with Gasteiger partial charge in [0.05, 0.1) is 5.69 Å². The molecule has 1 aliphatic heterocycles. The van der Waals surface area contributed by atoms with E-state index in [1.807, 2.05) is 47.6 Å². The van der Waals surface area contributed by atoms with Gasteiger partial charge in [0.25, 0.3) is 6.02 Å². The lowest BCUT2D eigenvalue weighted by Gasteiger charge is -2.44. The molecule has 0 saturated carbocycles. The zero-order valence-corrected chi connectivity index (χ0v) is 18.9. The quantitative estimate of drug-likeness (QED) is 0.390. The van der Waals surface area contributed by atoms with Gasteiger partial charge in [-0.15, -0.1) is 0 Å². The van der Waals surface area contributed by atoms with Crippen LogP contribution >= 0.6 is 35.6 Å². The highest BCUT2D eigenvalue weighted by atomic mass is 35.5. The maximum absolute atomic E-state index is 6.36. The Kier molecular flexibility index (Phi) is 6.69. The molecular formula is C22H25ClN2OS2. The van der Waals surface area contributed by atoms with Crippen molar-refractivity contribution in [1.29, 1.82) is 0 Å². The Morgan fingerprint density at radius 2 is 2.04 bits per heavy atom. The molecule has 1 heterocycles. The molecule has 2 aromatic carbocycles. The molecule has 3 nitrogen and oxygen atoms in total. The molecular weight excluding hydrogens is 408 g/mol. The first-order valence-electron chi connectivity index (χ1n) is 9.32. The number of benzene rings is 2. The number of nitrogens with zero attached hydrogens (tertiary/aromatic N) is 2. The van der Waals surface area contributed by atoms with Gasteiger partial charge in [-0.05, 0) is 31.7 Å². The fourth-order valence-corrected chi connectivity index (χ4v) is 4.32. The second-order valence-corrected chi connectivity index (χ2v) is 9.01. The third kappa shape index (κ3) is 4.07. The highest BCUT2D eigenvalue weighted by molar-refractivity contribution is 8.22. The van der Waals surface area contributed by atoms with E-state index in [0.29, 0.717) is 17.7 Å². The van der Waals surface area contributed by atoms with Crippen molar-refractivity contribution in [2.45, 2.75) is 26.7 Å². The van der Waals surface area contributed by atoms with E-state index in [-0.39, 0.29) is 5.41 Å². The van der Waals surface area contributed by atoms with Crippen LogP contribution in [0.4, 0.5) is 5.69 Å². The zero-order chi connectivity index (χ0) is 20.3. The van der Waals surface area contributed by atoms with Gasteiger partial charge in [0.15, 0.2) is 0 Å². The summed E-state index contributed by atoms with van der Waals surface area (Å²) in [5, 5.41) is 2.68. The largest absolute Gasteiger partial charge is 0.464 e. The van der Waals surface area contributed by atoms with Crippen LogP contribution in [0.5, 0.6) is 0 Å². The molecule has 1 aliphatic rings. The Morgan fingerprint density at radius 3 is 2.68 bits per heavy atom. The number of ether oxygens (including phenoxy) is 1. The summed E-state index contributed by atoms with van der Waals surface area (Å²) >= 11 is 13.5. The SMILES string of the molecule is C=C(C)[C@]1(CCC)COC(=Nc2ccc(Cl)c3ccccc23)N(C(=S)SC)C1. The van der Waals surface area contributed by atoms with Gasteiger partial charge in [-0.25, -0.2) is 0 Å². The number of aliphatic imine (C=N–C) groups is 1. The number of thiocarbonyl (C=S) groups is 1. The summed E-state index contributed by atoms with van der Waals surface area (Å²) < 4.78 is 6.96. The smallest absolute Gasteiger partial charge is 0.298 e. The van der Waals surface area contributed by atoms with Gasteiger partial charge in [0.2, 0.25) is 0 Å². The predicted octanol–water partition coefficient (Wildman–Crippen LogP) is 6.82. The van der Waals surface area contributed by atoms with Crippen LogP contribution in [0.3, 0.4) is 0 Å². The molecule has 28 heavy (non-hydrogen) atoms. The van der Waals surface area contributed by atoms with E-state index in [2.05, 4.69) is 20.4 Å². The molecule has 0 bridgehead atoms. The summed E-state index contributed by atoms with van der Waals surface area (Å²) in [5.74, 6) is 0. The van der Waals surface area contributed by atoms with Crippen molar-refractivity contribution in [3.8, 4) is 0 Å². The molecule has 0 spiro atoms. The van der Waals surface area contributed by atoms with Gasteiger partial charge < -0.3 is 4.74 Å². The first kappa shape index (κ1) is 21.2. The van der Waals surface area contributed by atoms with Gasteiger partial charge in [0.1, 0.15) is 10.9 Å². The summed E-state index contributed by atoms with van der Waals surface area (Å²) in [6, 6.07) is 12.3. The lowest BCUT2D eigenvalue weighted by atomic mass is 9.77. The molecule has 1 saturated heterocycles. The number of hydrogen-bond acceptors (Lipinski definition) is 4. The van der Waals surface area contributed by atoms with Gasteiger partial charge in [0, 0.05) is 27.8 Å². The van der Waals surface area contributed by atoms with Crippen molar-refractivity contribution in [3.05, 3.63) is 53.6 Å². The summed E-state index contributed by atoms with van der Waals surface area (Å²) in [4.78, 5) is 6.87. The summed E-state index contributed by atoms with van der Waals surface area (Å²) in [6.07, 6.45) is 4.05. The Labute approximate surface area is 181 Å². The molecule has 0 aliphatic carbocycles. The predicted molar refractivity (Wildman–Crippen MR) is 127 cm³/mol. The zero-order valence-electron chi connectivity index (χ0n) is 16.5. The molecule has 1 fully saturated rings. The van der Waals surface area contributed by atoms with Crippen LogP contribution < -0.4 is 0 Å². The van der Waals surface area contributed by atoms with E-state index in [1.165, 1.54) is 11.8 Å². The summed E-state index contributed by atoms with van der Waals surface area (Å²) in [5.41, 5.74) is 1.83. The summed E-state index contributed by atoms with van der Waals surface area (Å²) in [6.45, 7) is 9.80. The van der Waals surface area contributed by atoms with Crippen molar-refractivity contribution in [3.63, 3.8) is 0 Å². The van der Waals surface area contributed by atoms with Crippen LogP contribution in [0.1, 0.15) is 26.7 Å². The molecule has 3 rings (SSSR count). The Hall–Kier alpha value is -1.56. The first-order valence-corrected chi connectivity index (χ1v) is 11.3. The Bertz CT molecular complexity index is 943. The van der Waals surface area contributed by atoms with Gasteiger partial charge in [-0.1, -0.05) is 85.3 Å². The van der Waals surface area contributed by atoms with Gasteiger partial charge >= 0.3 is 0 Å². The van der Waals surface area contributed by atoms with E-state index >= 15 is 0 Å². The van der Waals surface area contributed by atoms with Crippen LogP contribution in [0.15, 0.2) is 53.5 Å². The molecule has 0 N–H and O–H groups in total. The van der Waals surface area contributed by atoms with E-state index in [9.17, 15) is 0 Å². The van der Waals surface area contributed by atoms with E-state index in [4.69, 9.17) is 33.5 Å². The maximum Gasteiger partial charge on any atom is 0.298 e. The van der Waals surface area contributed by atoms with Crippen LogP contribution in [0.2, 0.25) is 5.02 Å². The molecule has 6 heteroatoms. The van der Waals surface area contributed by atoms with E-state index in [0.717, 1.165) is 45.7 Å². The fraction of sp³-hybridized carbons (Fsp3) is 0.364. The minimum atomic E-state index is -0.115. The molecule has 0 radical (unpaired) electrons. The number of amidine groups is 1. The van der Waals surface area contributed by atoms with Crippen molar-refractivity contribution in [2.24, 2.45) is 10.4 Å². The second kappa shape index (κ2) is 8.85. The minimum Gasteiger partial charge on any atom is -0.464 e. The normalized spacial score (nSPS) is 21.0. The number of fused-ring (bicyclic) bond motifs is 1. The van der Waals surface area contributed by atoms with E-state index < -0.39 is 0 Å². The number of hydrogen-bond donors (Lipinski definition) is 0. The van der Waals surface area contributed by atoms with Crippen molar-refractivity contribution >= 4 is 62.4 Å². The van der Waals surface area contributed by atoms with Crippen LogP contribution in [-0.4, -0.2) is 34.6 Å². The topological polar surface area (TPSA) is 24.8 Å². The van der Waals surface area contributed by atoms with Crippen LogP contribution in [0, 0.1) is 5.41 Å². The Balaban J connectivity index is 2.05. The van der Waals surface area contributed by atoms with Gasteiger partial charge in [-0.2, -0.15) is 4.99 Å². The molecule has 0 amide bonds. The maximum atomic E-state index is 6.36. The fourth-order valence-electron chi connectivity index (χ4n) is 3.59. The Morgan fingerprint density at radius 1 is 1.32 bits per heavy atom. The highest BCUT2D eigenvalue weighted by Crippen LogP contribution is 2.38. The highest BCUT2D eigenvalue weighted by Gasteiger charge is 2.40. The molecule has 0 aromatic heterocycles. The van der Waals surface area contributed by atoms with Crippen molar-refractivity contribution in [1.82, 2.24) is 4.90 Å². The second-order valence-electron chi connectivity index (χ2n) is 7.16. The van der Waals surface area contributed by atoms with Crippen LogP contribution in [0.25, 0.3) is 10.8 Å². The molecule has 148 valence electrons. The third-order valence-electron chi connectivity index (χ3n) is 5.26. The van der Waals surface area contributed by atoms with Crippen LogP contribution in [-0.2, 0) is 4.74 Å². The average Bonchev–Trinajstić information content (AvgIpc) is 2.70. The van der Waals surface area contributed by atoms with Crippen molar-refractivity contribution < 1.29 is 4.74 Å². The number of thioether (sulfide) groups is 1.